The van der Waals surface area contributed by atoms with Crippen LogP contribution in [0.25, 0.3) is 0 Å². The first-order chi connectivity index (χ1) is 23.1. The van der Waals surface area contributed by atoms with Gasteiger partial charge in [0, 0.05) is 50.8 Å². The van der Waals surface area contributed by atoms with E-state index in [1.165, 1.54) is 17.0 Å². The van der Waals surface area contributed by atoms with Gasteiger partial charge in [-0.1, -0.05) is 62.7 Å². The maximum absolute atomic E-state index is 14.7. The zero-order chi connectivity index (χ0) is 35.4. The molecule has 14 heteroatoms. The number of benzene rings is 2. The number of hydrogen-bond donors (Lipinski definition) is 1. The lowest BCUT2D eigenvalue weighted by Crippen LogP contribution is -2.64. The number of sulfone groups is 1. The molecule has 4 fully saturated rings. The van der Waals surface area contributed by atoms with E-state index >= 15 is 0 Å². The quantitative estimate of drug-likeness (QED) is 0.324. The lowest BCUT2D eigenvalue weighted by atomic mass is 9.61. The number of likely N-dealkylation sites (tertiary alicyclic amines) is 1. The van der Waals surface area contributed by atoms with Crippen LogP contribution in [0.5, 0.6) is 0 Å². The summed E-state index contributed by atoms with van der Waals surface area (Å²) in [5.74, 6) is -1.67. The van der Waals surface area contributed by atoms with Crippen LogP contribution >= 0.6 is 12.4 Å². The fraction of sp³-hybridized carbons (Fsp3) is 0.583. The minimum Gasteiger partial charge on any atom is -0.316 e. The van der Waals surface area contributed by atoms with E-state index in [2.05, 4.69) is 5.32 Å². The van der Waals surface area contributed by atoms with E-state index in [4.69, 9.17) is 0 Å². The summed E-state index contributed by atoms with van der Waals surface area (Å²) in [6, 6.07) is 14.2. The number of carbonyl (C=O) groups excluding carboxylic acids is 3. The molecule has 50 heavy (non-hydrogen) atoms. The first kappa shape index (κ1) is 38.2. The highest BCUT2D eigenvalue weighted by Crippen LogP contribution is 2.56. The summed E-state index contributed by atoms with van der Waals surface area (Å²) in [6.45, 7) is 5.50. The number of amides is 3. The van der Waals surface area contributed by atoms with Crippen molar-refractivity contribution in [3.05, 3.63) is 65.7 Å². The SMILES string of the molecule is CC(C)CN1C(=O)N(Cc2ccc(S(C)(=O)=O)cc2)C(=O)C12CCN(C(C(=O)C1(C(F)(F)F)CCC1)[C@@H]1CNC[C@@H]1c1ccccc1)CC2.Cl. The number of rotatable bonds is 10. The summed E-state index contributed by atoms with van der Waals surface area (Å²) in [4.78, 5) is 47.4. The molecule has 3 heterocycles. The second-order valence-electron chi connectivity index (χ2n) is 14.7. The Morgan fingerprint density at radius 1 is 0.960 bits per heavy atom. The number of alkyl halides is 3. The monoisotopic (exact) mass is 738 g/mol. The summed E-state index contributed by atoms with van der Waals surface area (Å²) in [6.07, 6.45) is -3.26. The fourth-order valence-corrected chi connectivity index (χ4v) is 9.06. The molecule has 1 saturated carbocycles. The number of carbonyl (C=O) groups is 3. The average molecular weight is 739 g/mol. The van der Waals surface area contributed by atoms with Gasteiger partial charge in [-0.2, -0.15) is 13.2 Å². The van der Waals surface area contributed by atoms with E-state index in [1.807, 2.05) is 49.1 Å². The molecule has 9 nitrogen and oxygen atoms in total. The van der Waals surface area contributed by atoms with Crippen molar-refractivity contribution in [1.29, 1.82) is 0 Å². The molecule has 3 amide bonds. The van der Waals surface area contributed by atoms with Crippen LogP contribution in [0.3, 0.4) is 0 Å². The number of hydrogen-bond acceptors (Lipinski definition) is 7. The summed E-state index contributed by atoms with van der Waals surface area (Å²) in [7, 11) is -3.42. The first-order valence-electron chi connectivity index (χ1n) is 17.1. The average Bonchev–Trinajstić information content (AvgIpc) is 3.56. The third kappa shape index (κ3) is 6.70. The maximum Gasteiger partial charge on any atom is 0.401 e. The Kier molecular flexibility index (Phi) is 10.9. The normalized spacial score (nSPS) is 24.4. The van der Waals surface area contributed by atoms with E-state index in [0.717, 1.165) is 11.8 Å². The third-order valence-electron chi connectivity index (χ3n) is 11.3. The van der Waals surface area contributed by atoms with Gasteiger partial charge in [-0.05, 0) is 54.9 Å². The van der Waals surface area contributed by atoms with Gasteiger partial charge in [-0.3, -0.25) is 19.4 Å². The Labute approximate surface area is 298 Å². The highest BCUT2D eigenvalue weighted by atomic mass is 35.5. The van der Waals surface area contributed by atoms with Crippen LogP contribution in [-0.4, -0.2) is 97.6 Å². The minimum atomic E-state index is -4.66. The van der Waals surface area contributed by atoms with Gasteiger partial charge in [0.05, 0.1) is 17.5 Å². The molecule has 1 unspecified atom stereocenters. The highest BCUT2D eigenvalue weighted by molar-refractivity contribution is 7.90. The number of urea groups is 1. The maximum atomic E-state index is 14.7. The van der Waals surface area contributed by atoms with Crippen LogP contribution < -0.4 is 5.32 Å². The van der Waals surface area contributed by atoms with Crippen LogP contribution in [0, 0.1) is 17.3 Å². The standard InChI is InChI=1S/C36H45F3N4O5S.ClH/c1-24(2)22-43-33(46)42(23-25-10-12-27(13-11-25)49(3,47)48)32(45)35(43)16-18-41(19-17-35)30(31(44)34(14-7-15-34)36(37,38)39)29-21-40-20-28(29)26-8-5-4-6-9-26;/h4-6,8-13,24,28-30,40H,7,14-23H2,1-3H3;1H/t28-,29-,30?;/m1./s1. The second kappa shape index (κ2) is 14.2. The van der Waals surface area contributed by atoms with E-state index in [9.17, 15) is 36.0 Å². The van der Waals surface area contributed by atoms with Crippen molar-refractivity contribution in [2.75, 3.05) is 39.0 Å². The number of nitrogens with zero attached hydrogens (tertiary/aromatic N) is 3. The predicted octanol–water partition coefficient (Wildman–Crippen LogP) is 5.44. The Hall–Kier alpha value is -3.00. The van der Waals surface area contributed by atoms with E-state index in [-0.39, 0.29) is 80.4 Å². The van der Waals surface area contributed by atoms with Gasteiger partial charge in [0.15, 0.2) is 15.6 Å². The van der Waals surface area contributed by atoms with E-state index in [0.29, 0.717) is 31.6 Å². The molecule has 3 atom stereocenters. The molecule has 6 rings (SSSR count). The molecule has 3 saturated heterocycles. The molecular formula is C36H46ClF3N4O5S. The largest absolute Gasteiger partial charge is 0.401 e. The Morgan fingerprint density at radius 2 is 1.58 bits per heavy atom. The fourth-order valence-electron chi connectivity index (χ4n) is 8.43. The highest BCUT2D eigenvalue weighted by Gasteiger charge is 2.66. The van der Waals surface area contributed by atoms with Gasteiger partial charge >= 0.3 is 12.2 Å². The van der Waals surface area contributed by atoms with Crippen molar-refractivity contribution in [2.24, 2.45) is 17.3 Å². The van der Waals surface area contributed by atoms with Crippen molar-refractivity contribution in [1.82, 2.24) is 20.0 Å². The molecule has 2 aromatic rings. The van der Waals surface area contributed by atoms with Crippen molar-refractivity contribution < 1.29 is 36.0 Å². The number of imide groups is 1. The smallest absolute Gasteiger partial charge is 0.316 e. The van der Waals surface area contributed by atoms with Gasteiger partial charge < -0.3 is 10.2 Å². The summed E-state index contributed by atoms with van der Waals surface area (Å²) < 4.78 is 67.9. The van der Waals surface area contributed by atoms with Gasteiger partial charge in [-0.15, -0.1) is 12.4 Å². The van der Waals surface area contributed by atoms with Gasteiger partial charge in [0.25, 0.3) is 5.91 Å². The Morgan fingerprint density at radius 3 is 2.10 bits per heavy atom. The number of Topliss-reactive ketones (excluding diaryl/α,β-unsaturated/α-hetero) is 1. The number of ketones is 1. The molecule has 274 valence electrons. The Balaban J connectivity index is 0.00000486. The lowest BCUT2D eigenvalue weighted by molar-refractivity contribution is -0.245. The lowest BCUT2D eigenvalue weighted by Gasteiger charge is -2.50. The number of halogens is 4. The van der Waals surface area contributed by atoms with Crippen LogP contribution in [0.15, 0.2) is 59.5 Å². The molecule has 0 aromatic heterocycles. The predicted molar refractivity (Wildman–Crippen MR) is 185 cm³/mol. The second-order valence-corrected chi connectivity index (χ2v) is 16.8. The van der Waals surface area contributed by atoms with Crippen molar-refractivity contribution >= 4 is 40.0 Å². The van der Waals surface area contributed by atoms with Crippen LogP contribution in [-0.2, 0) is 26.0 Å². The molecule has 3 aliphatic heterocycles. The van der Waals surface area contributed by atoms with Crippen LogP contribution in [0.1, 0.15) is 63.0 Å². The first-order valence-corrected chi connectivity index (χ1v) is 19.0. The zero-order valence-electron chi connectivity index (χ0n) is 28.6. The third-order valence-corrected chi connectivity index (χ3v) is 12.4. The van der Waals surface area contributed by atoms with Crippen molar-refractivity contribution in [3.8, 4) is 0 Å². The molecule has 0 bridgehead atoms. The van der Waals surface area contributed by atoms with E-state index in [1.54, 1.807) is 17.0 Å². The van der Waals surface area contributed by atoms with Gasteiger partial charge in [0.1, 0.15) is 11.0 Å². The molecule has 1 spiro atoms. The minimum absolute atomic E-state index is 0. The Bertz CT molecular complexity index is 1680. The molecular weight excluding hydrogens is 693 g/mol. The van der Waals surface area contributed by atoms with Crippen LogP contribution in [0.4, 0.5) is 18.0 Å². The topological polar surface area (TPSA) is 107 Å². The zero-order valence-corrected chi connectivity index (χ0v) is 30.2. The molecule has 1 aliphatic carbocycles. The molecule has 2 aromatic carbocycles. The van der Waals surface area contributed by atoms with Gasteiger partial charge in [0.2, 0.25) is 0 Å². The van der Waals surface area contributed by atoms with Gasteiger partial charge in [-0.25, -0.2) is 13.2 Å². The van der Waals surface area contributed by atoms with Crippen LogP contribution in [0.2, 0.25) is 0 Å². The molecule has 4 aliphatic rings. The van der Waals surface area contributed by atoms with Crippen molar-refractivity contribution in [3.63, 3.8) is 0 Å². The molecule has 1 N–H and O–H groups in total. The molecule has 0 radical (unpaired) electrons. The van der Waals surface area contributed by atoms with Crippen molar-refractivity contribution in [2.45, 2.75) is 81.1 Å². The summed E-state index contributed by atoms with van der Waals surface area (Å²) >= 11 is 0. The van der Waals surface area contributed by atoms with E-state index < -0.39 is 50.7 Å². The summed E-state index contributed by atoms with van der Waals surface area (Å²) in [5, 5.41) is 3.35. The number of piperidine rings is 1. The summed E-state index contributed by atoms with van der Waals surface area (Å²) in [5.41, 5.74) is -2.00. The number of nitrogens with one attached hydrogen (secondary N) is 1.